The Morgan fingerprint density at radius 2 is 0.950 bits per heavy atom. The molecule has 0 fully saturated rings. The summed E-state index contributed by atoms with van der Waals surface area (Å²) in [6.45, 7) is 5.98. The third-order valence-corrected chi connectivity index (χ3v) is 9.96. The molecule has 2 heterocycles. The van der Waals surface area contributed by atoms with Crippen LogP contribution in [0.3, 0.4) is 0 Å². The van der Waals surface area contributed by atoms with Gasteiger partial charge in [0.15, 0.2) is 11.5 Å². The van der Waals surface area contributed by atoms with E-state index in [0.29, 0.717) is 13.2 Å². The second-order valence-corrected chi connectivity index (χ2v) is 13.4. The minimum absolute atomic E-state index is 0.0424. The number of hydrogen-bond acceptors (Lipinski definition) is 3. The van der Waals surface area contributed by atoms with Crippen LogP contribution in [0.15, 0.2) is 48.5 Å². The monoisotopic (exact) mass is 600 g/mol. The summed E-state index contributed by atoms with van der Waals surface area (Å²) in [5.74, 6) is 1.76. The Morgan fingerprint density at radius 3 is 1.35 bits per heavy atom. The predicted octanol–water partition coefficient (Wildman–Crippen LogP) is 12.6. The molecule has 2 nitrogen and oxygen atoms in total. The number of thiophene rings is 1. The standard InChI is InChI=1S/C35H46Cl2O2S/c1-3-5-7-9-11-13-23-35(24-14-12-10-8-6-4-2)25-38-31-32(39-26-35)34(28-17-21-30(37)22-18-28)40-33(31)27-15-19-29(36)20-16-27/h15-22H,3-14,23-26H2,1-2H3. The average molecular weight is 602 g/mol. The van der Waals surface area contributed by atoms with Crippen molar-refractivity contribution in [1.82, 2.24) is 0 Å². The molecule has 0 spiro atoms. The molecule has 0 saturated carbocycles. The molecule has 5 heteroatoms. The van der Waals surface area contributed by atoms with Crippen LogP contribution in [0.4, 0.5) is 0 Å². The van der Waals surface area contributed by atoms with E-state index in [4.69, 9.17) is 32.7 Å². The van der Waals surface area contributed by atoms with Crippen LogP contribution in [0.2, 0.25) is 10.0 Å². The summed E-state index contributed by atoms with van der Waals surface area (Å²) < 4.78 is 13.6. The smallest absolute Gasteiger partial charge is 0.180 e. The van der Waals surface area contributed by atoms with Gasteiger partial charge >= 0.3 is 0 Å². The number of rotatable bonds is 16. The third kappa shape index (κ3) is 8.66. The molecule has 0 unspecified atom stereocenters. The minimum atomic E-state index is 0.0424. The van der Waals surface area contributed by atoms with Gasteiger partial charge in [0, 0.05) is 15.5 Å². The van der Waals surface area contributed by atoms with Gasteiger partial charge in [-0.1, -0.05) is 138 Å². The molecule has 1 aliphatic heterocycles. The van der Waals surface area contributed by atoms with Crippen LogP contribution in [0.1, 0.15) is 104 Å². The fourth-order valence-corrected chi connectivity index (χ4v) is 7.16. The summed E-state index contributed by atoms with van der Waals surface area (Å²) in [4.78, 5) is 2.21. The second kappa shape index (κ2) is 16.1. The van der Waals surface area contributed by atoms with Crippen molar-refractivity contribution in [3.05, 3.63) is 58.6 Å². The van der Waals surface area contributed by atoms with Gasteiger partial charge < -0.3 is 9.47 Å². The molecular weight excluding hydrogens is 555 g/mol. The zero-order chi connectivity index (χ0) is 28.2. The van der Waals surface area contributed by atoms with Gasteiger partial charge in [0.2, 0.25) is 0 Å². The minimum Gasteiger partial charge on any atom is -0.487 e. The van der Waals surface area contributed by atoms with Gasteiger partial charge in [-0.05, 0) is 48.2 Å². The van der Waals surface area contributed by atoms with Gasteiger partial charge in [-0.2, -0.15) is 0 Å². The van der Waals surface area contributed by atoms with Crippen molar-refractivity contribution in [2.45, 2.75) is 104 Å². The molecule has 40 heavy (non-hydrogen) atoms. The Bertz CT molecular complexity index is 1060. The van der Waals surface area contributed by atoms with E-state index >= 15 is 0 Å². The molecule has 0 aliphatic carbocycles. The van der Waals surface area contributed by atoms with Crippen molar-refractivity contribution in [1.29, 1.82) is 0 Å². The lowest BCUT2D eigenvalue weighted by molar-refractivity contribution is 0.0784. The van der Waals surface area contributed by atoms with E-state index in [-0.39, 0.29) is 5.41 Å². The number of fused-ring (bicyclic) bond motifs is 1. The van der Waals surface area contributed by atoms with Gasteiger partial charge in [0.1, 0.15) is 0 Å². The molecule has 0 radical (unpaired) electrons. The molecule has 0 bridgehead atoms. The fourth-order valence-electron chi connectivity index (χ4n) is 5.71. The van der Waals surface area contributed by atoms with Gasteiger partial charge in [0.25, 0.3) is 0 Å². The second-order valence-electron chi connectivity index (χ2n) is 11.5. The van der Waals surface area contributed by atoms with Crippen LogP contribution in [0.5, 0.6) is 11.5 Å². The van der Waals surface area contributed by atoms with Crippen LogP contribution in [0, 0.1) is 5.41 Å². The third-order valence-electron chi connectivity index (χ3n) is 8.20. The molecule has 1 aromatic heterocycles. The number of hydrogen-bond donors (Lipinski definition) is 0. The Balaban J connectivity index is 1.58. The molecule has 3 aromatic rings. The van der Waals surface area contributed by atoms with Crippen LogP contribution in [-0.4, -0.2) is 13.2 Å². The largest absolute Gasteiger partial charge is 0.487 e. The van der Waals surface area contributed by atoms with Gasteiger partial charge in [-0.3, -0.25) is 0 Å². The highest BCUT2D eigenvalue weighted by molar-refractivity contribution is 7.19. The van der Waals surface area contributed by atoms with E-state index in [1.54, 1.807) is 11.3 Å². The molecule has 4 rings (SSSR count). The predicted molar refractivity (Wildman–Crippen MR) is 175 cm³/mol. The normalized spacial score (nSPS) is 14.3. The number of benzene rings is 2. The summed E-state index contributed by atoms with van der Waals surface area (Å²) >= 11 is 14.2. The van der Waals surface area contributed by atoms with Gasteiger partial charge in [-0.25, -0.2) is 0 Å². The highest BCUT2D eigenvalue weighted by Gasteiger charge is 2.37. The van der Waals surface area contributed by atoms with E-state index in [2.05, 4.69) is 38.1 Å². The first-order valence-electron chi connectivity index (χ1n) is 15.5. The topological polar surface area (TPSA) is 18.5 Å². The molecular formula is C35H46Cl2O2S. The summed E-state index contributed by atoms with van der Waals surface area (Å²) in [7, 11) is 0. The lowest BCUT2D eigenvalue weighted by Crippen LogP contribution is -2.33. The van der Waals surface area contributed by atoms with E-state index in [0.717, 1.165) is 55.3 Å². The molecule has 0 atom stereocenters. The molecule has 2 aromatic carbocycles. The van der Waals surface area contributed by atoms with Crippen molar-refractivity contribution < 1.29 is 9.47 Å². The summed E-state index contributed by atoms with van der Waals surface area (Å²) in [5.41, 5.74) is 2.25. The molecule has 0 N–H and O–H groups in total. The van der Waals surface area contributed by atoms with Gasteiger partial charge in [0.05, 0.1) is 23.0 Å². The number of ether oxygens (including phenoxy) is 2. The van der Waals surface area contributed by atoms with Gasteiger partial charge in [-0.15, -0.1) is 11.3 Å². The lowest BCUT2D eigenvalue weighted by Gasteiger charge is -2.31. The zero-order valence-corrected chi connectivity index (χ0v) is 26.7. The first-order chi connectivity index (χ1) is 19.5. The average Bonchev–Trinajstić information content (AvgIpc) is 3.23. The SMILES string of the molecule is CCCCCCCCC1(CCCCCCCC)COc2c(-c3ccc(Cl)cc3)sc(-c3ccc(Cl)cc3)c2OC1. The Morgan fingerprint density at radius 1 is 0.575 bits per heavy atom. The van der Waals surface area contributed by atoms with Crippen LogP contribution in [0.25, 0.3) is 20.9 Å². The summed E-state index contributed by atoms with van der Waals surface area (Å²) in [6.07, 6.45) is 18.0. The van der Waals surface area contributed by atoms with Crippen LogP contribution >= 0.6 is 34.5 Å². The Kier molecular flexibility index (Phi) is 12.6. The van der Waals surface area contributed by atoms with Crippen molar-refractivity contribution >= 4 is 34.5 Å². The van der Waals surface area contributed by atoms with Crippen molar-refractivity contribution in [3.8, 4) is 32.4 Å². The molecule has 0 saturated heterocycles. The molecule has 218 valence electrons. The highest BCUT2D eigenvalue weighted by atomic mass is 35.5. The summed E-state index contributed by atoms with van der Waals surface area (Å²) in [5, 5.41) is 1.47. The lowest BCUT2D eigenvalue weighted by atomic mass is 9.79. The maximum atomic E-state index is 6.82. The molecule has 1 aliphatic rings. The van der Waals surface area contributed by atoms with Crippen LogP contribution in [-0.2, 0) is 0 Å². The van der Waals surface area contributed by atoms with Crippen molar-refractivity contribution in [3.63, 3.8) is 0 Å². The zero-order valence-electron chi connectivity index (χ0n) is 24.4. The van der Waals surface area contributed by atoms with Crippen molar-refractivity contribution in [2.24, 2.45) is 5.41 Å². The maximum Gasteiger partial charge on any atom is 0.180 e. The Hall–Kier alpha value is -1.68. The highest BCUT2D eigenvalue weighted by Crippen LogP contribution is 2.55. The first kappa shape index (κ1) is 31.3. The quantitative estimate of drug-likeness (QED) is 0.152. The fraction of sp³-hybridized carbons (Fsp3) is 0.543. The first-order valence-corrected chi connectivity index (χ1v) is 17.1. The van der Waals surface area contributed by atoms with E-state index in [9.17, 15) is 0 Å². The molecule has 0 amide bonds. The maximum absolute atomic E-state index is 6.82. The van der Waals surface area contributed by atoms with E-state index in [1.807, 2.05) is 24.3 Å². The summed E-state index contributed by atoms with van der Waals surface area (Å²) in [6, 6.07) is 16.1. The van der Waals surface area contributed by atoms with Crippen molar-refractivity contribution in [2.75, 3.05) is 13.2 Å². The van der Waals surface area contributed by atoms with Crippen LogP contribution < -0.4 is 9.47 Å². The number of unbranched alkanes of at least 4 members (excludes halogenated alkanes) is 10. The van der Waals surface area contributed by atoms with E-state index in [1.165, 1.54) is 77.0 Å². The number of halogens is 2. The van der Waals surface area contributed by atoms with E-state index < -0.39 is 0 Å². The Labute approximate surface area is 256 Å².